The summed E-state index contributed by atoms with van der Waals surface area (Å²) in [7, 11) is 2.20. The third-order valence-corrected chi connectivity index (χ3v) is 4.79. The Hall–Kier alpha value is -1.64. The number of likely N-dealkylation sites (N-methyl/N-ethyl adjacent to an activating group) is 1. The Bertz CT molecular complexity index is 624. The van der Waals surface area contributed by atoms with Crippen molar-refractivity contribution in [3.05, 3.63) is 71.3 Å². The van der Waals surface area contributed by atoms with E-state index in [2.05, 4.69) is 68.6 Å². The maximum atomic E-state index is 5.99. The average Bonchev–Trinajstić information content (AvgIpc) is 3.15. The molecule has 19 heavy (non-hydrogen) atoms. The predicted octanol–water partition coefficient (Wildman–Crippen LogP) is 3.61. The van der Waals surface area contributed by atoms with Crippen LogP contribution in [0.4, 0.5) is 0 Å². The van der Waals surface area contributed by atoms with Crippen LogP contribution in [0, 0.1) is 0 Å². The molecule has 2 nitrogen and oxygen atoms in total. The van der Waals surface area contributed by atoms with Crippen LogP contribution in [0.15, 0.2) is 54.6 Å². The number of hydrogen-bond acceptors (Lipinski definition) is 1. The van der Waals surface area contributed by atoms with Crippen LogP contribution in [0.25, 0.3) is 0 Å². The Morgan fingerprint density at radius 3 is 2.26 bits per heavy atom. The molecule has 2 aromatic carbocycles. The molecule has 0 N–H and O–H groups in total. The molecule has 0 bridgehead atoms. The van der Waals surface area contributed by atoms with Crippen molar-refractivity contribution in [2.75, 3.05) is 7.05 Å². The second kappa shape index (κ2) is 3.69. The minimum Gasteiger partial charge on any atom is -0.139 e. The van der Waals surface area contributed by atoms with E-state index in [1.807, 2.05) is 0 Å². The molecule has 0 radical (unpaired) electrons. The van der Waals surface area contributed by atoms with E-state index in [1.165, 1.54) is 16.7 Å². The van der Waals surface area contributed by atoms with Crippen molar-refractivity contribution < 1.29 is 9.48 Å². The summed E-state index contributed by atoms with van der Waals surface area (Å²) >= 11 is 0. The van der Waals surface area contributed by atoms with Gasteiger partial charge in [0, 0.05) is 0 Å². The first-order chi connectivity index (χ1) is 9.22. The first-order valence-electron chi connectivity index (χ1n) is 6.90. The Balaban J connectivity index is 1.91. The van der Waals surface area contributed by atoms with E-state index >= 15 is 0 Å². The zero-order chi connectivity index (χ0) is 13.0. The maximum absolute atomic E-state index is 5.99. The number of benzene rings is 2. The summed E-state index contributed by atoms with van der Waals surface area (Å²) in [5.74, 6) is 0.418. The van der Waals surface area contributed by atoms with Crippen LogP contribution in [0.3, 0.4) is 0 Å². The van der Waals surface area contributed by atoms with Crippen LogP contribution in [0.2, 0.25) is 0 Å². The van der Waals surface area contributed by atoms with Crippen molar-refractivity contribution in [2.45, 2.75) is 25.1 Å². The smallest absolute Gasteiger partial charge is 0.139 e. The van der Waals surface area contributed by atoms with Crippen LogP contribution < -0.4 is 0 Å². The summed E-state index contributed by atoms with van der Waals surface area (Å²) in [5, 5.41) is 0. The largest absolute Gasteiger partial charge is 0.300 e. The molecule has 2 unspecified atom stereocenters. The molecule has 2 aliphatic heterocycles. The van der Waals surface area contributed by atoms with Crippen LogP contribution >= 0.6 is 0 Å². The van der Waals surface area contributed by atoms with E-state index in [1.54, 1.807) is 0 Å². The fourth-order valence-electron chi connectivity index (χ4n) is 3.52. The third kappa shape index (κ3) is 1.44. The molecule has 1 fully saturated rings. The number of fused-ring (bicyclic) bond motifs is 3. The molecule has 0 amide bonds. The summed E-state index contributed by atoms with van der Waals surface area (Å²) in [6.45, 7) is 2.30. The second-order valence-corrected chi connectivity index (χ2v) is 5.77. The standard InChI is InChI=1S/C17H18NO/c1-12-16(13-8-4-3-5-9-13)14-10-6-7-11-15(14)17-18(12,2)19-17/h3-12,16-17H,1-2H3/q+1/t12-,16+,17?,18?/m1/s1. The quantitative estimate of drug-likeness (QED) is 0.558. The molecule has 1 saturated heterocycles. The fourth-order valence-corrected chi connectivity index (χ4v) is 3.52. The average molecular weight is 252 g/mol. The zero-order valence-electron chi connectivity index (χ0n) is 11.3. The molecule has 0 aliphatic carbocycles. The summed E-state index contributed by atoms with van der Waals surface area (Å²) in [6, 6.07) is 20.0. The highest BCUT2D eigenvalue weighted by Gasteiger charge is 2.66. The van der Waals surface area contributed by atoms with Gasteiger partial charge >= 0.3 is 0 Å². The molecular weight excluding hydrogens is 234 g/mol. The number of hydroxylamine groups is 3. The number of nitrogens with zero attached hydrogens (tertiary/aromatic N) is 1. The Morgan fingerprint density at radius 2 is 1.53 bits per heavy atom. The molecule has 2 aromatic rings. The molecular formula is C17H18NO+. The summed E-state index contributed by atoms with van der Waals surface area (Å²) in [4.78, 5) is 5.99. The van der Waals surface area contributed by atoms with E-state index in [0.29, 0.717) is 12.0 Å². The SMILES string of the molecule is C[C@@H]1[C@@H](c2ccccc2)c2ccccc2C2O[N+]21C. The fraction of sp³-hybridized carbons (Fsp3) is 0.294. The van der Waals surface area contributed by atoms with Crippen molar-refractivity contribution in [3.63, 3.8) is 0 Å². The van der Waals surface area contributed by atoms with Crippen molar-refractivity contribution in [1.82, 2.24) is 0 Å². The topological polar surface area (TPSA) is 12.5 Å². The molecule has 4 atom stereocenters. The van der Waals surface area contributed by atoms with Gasteiger partial charge in [-0.05, 0) is 24.1 Å². The van der Waals surface area contributed by atoms with Gasteiger partial charge in [0.2, 0.25) is 0 Å². The third-order valence-electron chi connectivity index (χ3n) is 4.79. The van der Waals surface area contributed by atoms with Gasteiger partial charge in [0.25, 0.3) is 6.23 Å². The van der Waals surface area contributed by atoms with E-state index in [0.717, 1.165) is 4.65 Å². The first kappa shape index (κ1) is 11.2. The van der Waals surface area contributed by atoms with Crippen molar-refractivity contribution >= 4 is 0 Å². The number of quaternary nitrogens is 1. The minimum absolute atomic E-state index is 0.242. The molecule has 0 aromatic heterocycles. The van der Waals surface area contributed by atoms with Gasteiger partial charge in [-0.25, -0.2) is 0 Å². The van der Waals surface area contributed by atoms with E-state index in [4.69, 9.17) is 4.84 Å². The van der Waals surface area contributed by atoms with Crippen molar-refractivity contribution in [2.24, 2.45) is 0 Å². The van der Waals surface area contributed by atoms with Crippen molar-refractivity contribution in [1.29, 1.82) is 0 Å². The lowest BCUT2D eigenvalue weighted by Gasteiger charge is -2.31. The van der Waals surface area contributed by atoms with Gasteiger partial charge in [-0.15, -0.1) is 9.48 Å². The highest BCUT2D eigenvalue weighted by Crippen LogP contribution is 2.57. The van der Waals surface area contributed by atoms with Gasteiger partial charge in [-0.1, -0.05) is 48.5 Å². The van der Waals surface area contributed by atoms with Gasteiger partial charge in [-0.2, -0.15) is 0 Å². The van der Waals surface area contributed by atoms with Crippen LogP contribution in [-0.4, -0.2) is 17.7 Å². The molecule has 2 heteroatoms. The minimum atomic E-state index is 0.242. The van der Waals surface area contributed by atoms with Gasteiger partial charge in [0.15, 0.2) is 0 Å². The van der Waals surface area contributed by atoms with Gasteiger partial charge in [0.1, 0.15) is 13.1 Å². The lowest BCUT2D eigenvalue weighted by atomic mass is 9.80. The van der Waals surface area contributed by atoms with Crippen molar-refractivity contribution in [3.8, 4) is 0 Å². The van der Waals surface area contributed by atoms with E-state index in [-0.39, 0.29) is 6.23 Å². The molecule has 96 valence electrons. The van der Waals surface area contributed by atoms with Gasteiger partial charge in [-0.3, -0.25) is 0 Å². The molecule has 4 rings (SSSR count). The monoisotopic (exact) mass is 252 g/mol. The Labute approximate surface area is 113 Å². The highest BCUT2D eigenvalue weighted by molar-refractivity contribution is 5.41. The Morgan fingerprint density at radius 1 is 0.895 bits per heavy atom. The van der Waals surface area contributed by atoms with E-state index in [9.17, 15) is 0 Å². The summed E-state index contributed by atoms with van der Waals surface area (Å²) in [5.41, 5.74) is 4.17. The second-order valence-electron chi connectivity index (χ2n) is 5.77. The van der Waals surface area contributed by atoms with Crippen LogP contribution in [0.1, 0.15) is 35.8 Å². The lowest BCUT2D eigenvalue weighted by Crippen LogP contribution is -2.40. The highest BCUT2D eigenvalue weighted by atomic mass is 16.9. The Kier molecular flexibility index (Phi) is 2.17. The summed E-state index contributed by atoms with van der Waals surface area (Å²) in [6.07, 6.45) is 0.242. The number of hydrogen-bond donors (Lipinski definition) is 0. The van der Waals surface area contributed by atoms with Gasteiger partial charge < -0.3 is 0 Å². The van der Waals surface area contributed by atoms with Crippen LogP contribution in [-0.2, 0) is 4.84 Å². The number of rotatable bonds is 1. The lowest BCUT2D eigenvalue weighted by molar-refractivity contribution is -0.929. The summed E-state index contributed by atoms with van der Waals surface area (Å²) < 4.78 is 0.719. The zero-order valence-corrected chi connectivity index (χ0v) is 11.3. The first-order valence-corrected chi connectivity index (χ1v) is 6.90. The van der Waals surface area contributed by atoms with E-state index < -0.39 is 0 Å². The normalized spacial score (nSPS) is 35.4. The molecule has 0 saturated carbocycles. The molecule has 2 heterocycles. The molecule has 0 spiro atoms. The van der Waals surface area contributed by atoms with Crippen LogP contribution in [0.5, 0.6) is 0 Å². The maximum Gasteiger partial charge on any atom is 0.300 e. The molecule has 2 aliphatic rings. The van der Waals surface area contributed by atoms with Gasteiger partial charge in [0.05, 0.1) is 11.5 Å². The predicted molar refractivity (Wildman–Crippen MR) is 74.2 cm³/mol.